The van der Waals surface area contributed by atoms with Gasteiger partial charge in [0.2, 0.25) is 0 Å². The van der Waals surface area contributed by atoms with E-state index < -0.39 is 0 Å². The van der Waals surface area contributed by atoms with Gasteiger partial charge in [-0.15, -0.1) is 0 Å². The maximum atomic E-state index is 3.64. The number of anilines is 1. The molecule has 2 nitrogen and oxygen atoms in total. The highest BCUT2D eigenvalue weighted by molar-refractivity contribution is 6.69. The number of hydrogen-bond acceptors (Lipinski definition) is 2. The summed E-state index contributed by atoms with van der Waals surface area (Å²) in [6.07, 6.45) is 10.4. The van der Waals surface area contributed by atoms with E-state index in [9.17, 15) is 0 Å². The largest absolute Gasteiger partial charge is 0.423 e. The van der Waals surface area contributed by atoms with Crippen molar-refractivity contribution in [3.8, 4) is 0 Å². The second-order valence-corrected chi connectivity index (χ2v) is 5.93. The Morgan fingerprint density at radius 2 is 2.00 bits per heavy atom. The molecule has 1 heterocycles. The molecule has 1 saturated carbocycles. The van der Waals surface area contributed by atoms with E-state index in [1.54, 1.807) is 0 Å². The zero-order valence-corrected chi connectivity index (χ0v) is 11.8. The van der Waals surface area contributed by atoms with Crippen LogP contribution in [0.1, 0.15) is 37.7 Å². The molecule has 0 bridgehead atoms. The van der Waals surface area contributed by atoms with E-state index in [0.717, 1.165) is 12.5 Å². The minimum absolute atomic E-state index is 0.446. The summed E-state index contributed by atoms with van der Waals surface area (Å²) in [4.78, 5) is 2.55. The molecule has 2 aliphatic rings. The van der Waals surface area contributed by atoms with Crippen molar-refractivity contribution in [3.05, 3.63) is 35.8 Å². The minimum Gasteiger partial charge on any atom is -0.423 e. The Balaban J connectivity index is 1.59. The molecule has 0 amide bonds. The van der Waals surface area contributed by atoms with Gasteiger partial charge in [-0.2, -0.15) is 0 Å². The highest BCUT2D eigenvalue weighted by Crippen LogP contribution is 2.24. The Kier molecular flexibility index (Phi) is 3.93. The van der Waals surface area contributed by atoms with Gasteiger partial charge in [-0.1, -0.05) is 49.5 Å². The monoisotopic (exact) mass is 254 g/mol. The van der Waals surface area contributed by atoms with Crippen LogP contribution in [-0.4, -0.2) is 31.3 Å². The van der Waals surface area contributed by atoms with E-state index >= 15 is 0 Å². The lowest BCUT2D eigenvalue weighted by Gasteiger charge is -2.33. The van der Waals surface area contributed by atoms with Crippen molar-refractivity contribution >= 4 is 18.6 Å². The molecule has 0 aromatic heterocycles. The lowest BCUT2D eigenvalue weighted by atomic mass is 9.59. The van der Waals surface area contributed by atoms with Gasteiger partial charge >= 0.3 is 0 Å². The quantitative estimate of drug-likeness (QED) is 0.831. The molecule has 1 fully saturated rings. The van der Waals surface area contributed by atoms with E-state index in [-0.39, 0.29) is 0 Å². The fraction of sp³-hybridized carbons (Fsp3) is 0.500. The van der Waals surface area contributed by atoms with Crippen molar-refractivity contribution in [3.63, 3.8) is 0 Å². The van der Waals surface area contributed by atoms with Crippen LogP contribution in [0.2, 0.25) is 0 Å². The number of nitrogens with one attached hydrogen (secondary N) is 1. The molecule has 0 atom stereocenters. The van der Waals surface area contributed by atoms with Gasteiger partial charge in [0.15, 0.2) is 0 Å². The van der Waals surface area contributed by atoms with Crippen LogP contribution in [-0.2, 0) is 0 Å². The van der Waals surface area contributed by atoms with E-state index in [0.29, 0.717) is 6.85 Å². The third-order valence-corrected chi connectivity index (χ3v) is 4.49. The average molecular weight is 254 g/mol. The first-order chi connectivity index (χ1) is 9.33. The highest BCUT2D eigenvalue weighted by atomic mass is 15.1. The molecule has 0 unspecified atom stereocenters. The van der Waals surface area contributed by atoms with Crippen molar-refractivity contribution in [1.29, 1.82) is 0 Å². The molecule has 1 aromatic carbocycles. The van der Waals surface area contributed by atoms with E-state index in [4.69, 9.17) is 0 Å². The van der Waals surface area contributed by atoms with Crippen LogP contribution in [0.4, 0.5) is 5.69 Å². The molecule has 1 N–H and O–H groups in total. The third-order valence-electron chi connectivity index (χ3n) is 4.49. The normalized spacial score (nSPS) is 19.4. The Hall–Kier alpha value is -1.22. The third kappa shape index (κ3) is 3.03. The molecule has 1 aromatic rings. The Bertz CT molecular complexity index is 452. The highest BCUT2D eigenvalue weighted by Gasteiger charge is 2.23. The van der Waals surface area contributed by atoms with Crippen LogP contribution >= 0.6 is 0 Å². The minimum atomic E-state index is 0.446. The van der Waals surface area contributed by atoms with Crippen molar-refractivity contribution in [2.75, 3.05) is 18.7 Å². The van der Waals surface area contributed by atoms with Crippen LogP contribution in [0.3, 0.4) is 0 Å². The molecule has 1 aliphatic carbocycles. The van der Waals surface area contributed by atoms with Gasteiger partial charge in [0.25, 0.3) is 6.85 Å². The van der Waals surface area contributed by atoms with E-state index in [2.05, 4.69) is 53.5 Å². The molecule has 100 valence electrons. The predicted molar refractivity (Wildman–Crippen MR) is 84.4 cm³/mol. The van der Waals surface area contributed by atoms with Crippen molar-refractivity contribution in [1.82, 2.24) is 4.90 Å². The zero-order chi connectivity index (χ0) is 13.1. The van der Waals surface area contributed by atoms with Gasteiger partial charge in [-0.3, -0.25) is 0 Å². The van der Waals surface area contributed by atoms with Crippen molar-refractivity contribution in [2.24, 2.45) is 0 Å². The average Bonchev–Trinajstić information content (AvgIpc) is 2.48. The molecular weight excluding hydrogens is 231 g/mol. The maximum Gasteiger partial charge on any atom is 0.293 e. The standard InChI is InChI=1S/C16H23BN2/c1-19(15-8-3-2-4-9-15)13-17-12-11-14-7-5-6-10-16(14)18-17/h5-7,10-12,15,18H,2-4,8-9,13H2,1H3. The number of benzene rings is 1. The summed E-state index contributed by atoms with van der Waals surface area (Å²) in [6, 6.07) is 9.33. The smallest absolute Gasteiger partial charge is 0.293 e. The zero-order valence-electron chi connectivity index (χ0n) is 11.8. The number of rotatable bonds is 3. The topological polar surface area (TPSA) is 15.3 Å². The van der Waals surface area contributed by atoms with Crippen LogP contribution in [0.25, 0.3) is 6.08 Å². The van der Waals surface area contributed by atoms with Gasteiger partial charge in [0, 0.05) is 18.2 Å². The van der Waals surface area contributed by atoms with Gasteiger partial charge in [0.1, 0.15) is 0 Å². The Morgan fingerprint density at radius 1 is 1.21 bits per heavy atom. The summed E-state index contributed by atoms with van der Waals surface area (Å²) < 4.78 is 0. The summed E-state index contributed by atoms with van der Waals surface area (Å²) in [5.41, 5.74) is 2.58. The summed E-state index contributed by atoms with van der Waals surface area (Å²) >= 11 is 0. The maximum absolute atomic E-state index is 3.64. The Labute approximate surface area is 117 Å². The van der Waals surface area contributed by atoms with E-state index in [1.165, 1.54) is 43.4 Å². The predicted octanol–water partition coefficient (Wildman–Crippen LogP) is 3.46. The lowest BCUT2D eigenvalue weighted by Crippen LogP contribution is -2.44. The fourth-order valence-electron chi connectivity index (χ4n) is 3.33. The van der Waals surface area contributed by atoms with Crippen LogP contribution in [0, 0.1) is 0 Å². The second kappa shape index (κ2) is 5.83. The van der Waals surface area contributed by atoms with Gasteiger partial charge < -0.3 is 10.1 Å². The Morgan fingerprint density at radius 3 is 2.84 bits per heavy atom. The van der Waals surface area contributed by atoms with Gasteiger partial charge in [-0.05, 0) is 31.5 Å². The first-order valence-corrected chi connectivity index (χ1v) is 7.57. The second-order valence-electron chi connectivity index (χ2n) is 5.93. The van der Waals surface area contributed by atoms with Crippen molar-refractivity contribution in [2.45, 2.75) is 38.1 Å². The molecule has 0 radical (unpaired) electrons. The van der Waals surface area contributed by atoms with Crippen LogP contribution in [0.15, 0.2) is 30.2 Å². The van der Waals surface area contributed by atoms with Crippen LogP contribution in [0.5, 0.6) is 0 Å². The molecule has 0 saturated heterocycles. The van der Waals surface area contributed by atoms with Gasteiger partial charge in [-0.25, -0.2) is 0 Å². The molecular formula is C16H23BN2. The number of hydrogen-bond donors (Lipinski definition) is 1. The summed E-state index contributed by atoms with van der Waals surface area (Å²) in [5.74, 6) is 2.31. The van der Waals surface area contributed by atoms with Crippen LogP contribution < -0.4 is 5.23 Å². The first kappa shape index (κ1) is 12.8. The SMILES string of the molecule is CN(CB1C=Cc2ccccc2N1)C1CCCCC1. The molecule has 3 heteroatoms. The fourth-order valence-corrected chi connectivity index (χ4v) is 3.33. The summed E-state index contributed by atoms with van der Waals surface area (Å²) in [5, 5.41) is 3.64. The molecule has 19 heavy (non-hydrogen) atoms. The molecule has 3 rings (SSSR count). The number of nitrogens with zero attached hydrogens (tertiary/aromatic N) is 1. The van der Waals surface area contributed by atoms with Crippen molar-refractivity contribution < 1.29 is 0 Å². The summed E-state index contributed by atoms with van der Waals surface area (Å²) in [6.45, 7) is 0.446. The number of fused-ring (bicyclic) bond motifs is 1. The molecule has 0 spiro atoms. The first-order valence-electron chi connectivity index (χ1n) is 7.57. The van der Waals surface area contributed by atoms with E-state index in [1.807, 2.05) is 0 Å². The summed E-state index contributed by atoms with van der Waals surface area (Å²) in [7, 11) is 2.28. The lowest BCUT2D eigenvalue weighted by molar-refractivity contribution is 0.217. The molecule has 1 aliphatic heterocycles. The number of para-hydroxylation sites is 1. The van der Waals surface area contributed by atoms with Gasteiger partial charge in [0.05, 0.1) is 0 Å².